The van der Waals surface area contributed by atoms with Crippen LogP contribution in [0, 0.1) is 18.8 Å². The number of carbonyl (C=O) groups excluding carboxylic acids is 1. The Morgan fingerprint density at radius 2 is 2.17 bits per heavy atom. The molecule has 3 heterocycles. The smallest absolute Gasteiger partial charge is 0.299 e. The number of hydrogen-bond donors (Lipinski definition) is 0. The van der Waals surface area contributed by atoms with E-state index in [1.54, 1.807) is 13.1 Å². The highest BCUT2D eigenvalue weighted by atomic mass is 79.9. The predicted octanol–water partition coefficient (Wildman–Crippen LogP) is 3.51. The van der Waals surface area contributed by atoms with Crippen LogP contribution >= 0.6 is 15.9 Å². The fraction of sp³-hybridized carbons (Fsp3) is 0.471. The second-order valence-corrected chi connectivity index (χ2v) is 5.77. The summed E-state index contributed by atoms with van der Waals surface area (Å²) in [5, 5.41) is 0. The zero-order chi connectivity index (χ0) is 17.0. The van der Waals surface area contributed by atoms with Gasteiger partial charge in [0.25, 0.3) is 5.91 Å². The second kappa shape index (κ2) is 7.60. The molecule has 0 bridgehead atoms. The highest BCUT2D eigenvalue weighted by molar-refractivity contribution is 9.10. The summed E-state index contributed by atoms with van der Waals surface area (Å²) in [6, 6.07) is -0.0288. The first kappa shape index (κ1) is 17.5. The summed E-state index contributed by atoms with van der Waals surface area (Å²) in [5.41, 5.74) is 1.86. The van der Waals surface area contributed by atoms with E-state index < -0.39 is 0 Å². The number of aromatic nitrogens is 3. The number of rotatable bonds is 1. The summed E-state index contributed by atoms with van der Waals surface area (Å²) in [6.45, 7) is 8.36. The van der Waals surface area contributed by atoms with Crippen molar-refractivity contribution in [3.8, 4) is 11.8 Å². The van der Waals surface area contributed by atoms with Gasteiger partial charge in [0.15, 0.2) is 0 Å². The van der Waals surface area contributed by atoms with Gasteiger partial charge in [-0.25, -0.2) is 4.98 Å². The maximum Gasteiger partial charge on any atom is 0.299 e. The number of amides is 1. The number of aryl methyl sites for hydroxylation is 1. The number of hydrogen-bond acceptors (Lipinski definition) is 3. The Morgan fingerprint density at radius 3 is 2.87 bits per heavy atom. The third kappa shape index (κ3) is 3.25. The van der Waals surface area contributed by atoms with Gasteiger partial charge in [0.1, 0.15) is 15.9 Å². The summed E-state index contributed by atoms with van der Waals surface area (Å²) in [5.74, 6) is 6.05. The van der Waals surface area contributed by atoms with Crippen LogP contribution in [0.3, 0.4) is 0 Å². The molecule has 0 aliphatic carbocycles. The SMILES string of the molecule is CC.CC#CC(=O)N1CCC[C@H]1c1nc(Br)c2c(C)nccn12. The van der Waals surface area contributed by atoms with E-state index in [1.807, 2.05) is 36.3 Å². The van der Waals surface area contributed by atoms with Crippen LogP contribution < -0.4 is 0 Å². The lowest BCUT2D eigenvalue weighted by atomic mass is 10.2. The fourth-order valence-corrected chi connectivity index (χ4v) is 3.52. The van der Waals surface area contributed by atoms with Crippen LogP contribution in [0.2, 0.25) is 0 Å². The van der Waals surface area contributed by atoms with Gasteiger partial charge in [-0.05, 0) is 48.5 Å². The van der Waals surface area contributed by atoms with Crippen molar-refractivity contribution >= 4 is 27.4 Å². The highest BCUT2D eigenvalue weighted by Crippen LogP contribution is 2.34. The summed E-state index contributed by atoms with van der Waals surface area (Å²) >= 11 is 3.50. The topological polar surface area (TPSA) is 50.5 Å². The molecule has 3 rings (SSSR count). The zero-order valence-electron chi connectivity index (χ0n) is 13.9. The number of likely N-dealkylation sites (tertiary alicyclic amines) is 1. The molecule has 1 aliphatic rings. The molecule has 1 saturated heterocycles. The van der Waals surface area contributed by atoms with Crippen molar-refractivity contribution in [2.24, 2.45) is 0 Å². The third-order valence-electron chi connectivity index (χ3n) is 3.77. The molecule has 23 heavy (non-hydrogen) atoms. The van der Waals surface area contributed by atoms with E-state index in [2.05, 4.69) is 37.7 Å². The van der Waals surface area contributed by atoms with E-state index >= 15 is 0 Å². The fourth-order valence-electron chi connectivity index (χ4n) is 2.86. The predicted molar refractivity (Wildman–Crippen MR) is 93.9 cm³/mol. The molecular formula is C17H21BrN4O. The molecule has 0 saturated carbocycles. The molecule has 0 N–H and O–H groups in total. The minimum Gasteiger partial charge on any atom is -0.322 e. The normalized spacial score (nSPS) is 16.6. The van der Waals surface area contributed by atoms with Crippen molar-refractivity contribution in [3.05, 3.63) is 28.5 Å². The zero-order valence-corrected chi connectivity index (χ0v) is 15.5. The van der Waals surface area contributed by atoms with Crippen LogP contribution in [-0.4, -0.2) is 31.7 Å². The average molecular weight is 377 g/mol. The van der Waals surface area contributed by atoms with Gasteiger partial charge in [-0.3, -0.25) is 14.2 Å². The molecule has 5 nitrogen and oxygen atoms in total. The van der Waals surface area contributed by atoms with Gasteiger partial charge in [-0.1, -0.05) is 19.8 Å². The number of imidazole rings is 1. The second-order valence-electron chi connectivity index (χ2n) is 5.02. The Bertz CT molecular complexity index is 772. The Balaban J connectivity index is 0.000000924. The molecule has 1 amide bonds. The quantitative estimate of drug-likeness (QED) is 0.715. The average Bonchev–Trinajstić information content (AvgIpc) is 3.15. The van der Waals surface area contributed by atoms with Crippen LogP contribution in [0.4, 0.5) is 0 Å². The van der Waals surface area contributed by atoms with E-state index in [9.17, 15) is 4.79 Å². The number of carbonyl (C=O) groups is 1. The first-order valence-corrected chi connectivity index (χ1v) is 8.65. The summed E-state index contributed by atoms with van der Waals surface area (Å²) in [6.07, 6.45) is 5.53. The van der Waals surface area contributed by atoms with Gasteiger partial charge >= 0.3 is 0 Å². The van der Waals surface area contributed by atoms with E-state index in [1.165, 1.54) is 0 Å². The molecule has 2 aromatic heterocycles. The Kier molecular flexibility index (Phi) is 5.78. The summed E-state index contributed by atoms with van der Waals surface area (Å²) in [7, 11) is 0. The van der Waals surface area contributed by atoms with Gasteiger partial charge in [-0.2, -0.15) is 0 Å². The van der Waals surface area contributed by atoms with Gasteiger partial charge < -0.3 is 4.90 Å². The van der Waals surface area contributed by atoms with Crippen molar-refractivity contribution in [1.82, 2.24) is 19.3 Å². The van der Waals surface area contributed by atoms with Crippen molar-refractivity contribution in [3.63, 3.8) is 0 Å². The molecule has 2 aromatic rings. The largest absolute Gasteiger partial charge is 0.322 e. The molecule has 1 atom stereocenters. The summed E-state index contributed by atoms with van der Waals surface area (Å²) in [4.78, 5) is 22.9. The first-order valence-electron chi connectivity index (χ1n) is 7.86. The molecule has 122 valence electrons. The Hall–Kier alpha value is -1.87. The highest BCUT2D eigenvalue weighted by Gasteiger charge is 2.33. The maximum atomic E-state index is 12.1. The van der Waals surface area contributed by atoms with Crippen LogP contribution in [0.5, 0.6) is 0 Å². The number of halogens is 1. The minimum absolute atomic E-state index is 0.0288. The molecular weight excluding hydrogens is 356 g/mol. The minimum atomic E-state index is -0.126. The number of nitrogens with zero attached hydrogens (tertiary/aromatic N) is 4. The number of fused-ring (bicyclic) bond motifs is 1. The lowest BCUT2D eigenvalue weighted by Crippen LogP contribution is -2.30. The monoisotopic (exact) mass is 376 g/mol. The lowest BCUT2D eigenvalue weighted by Gasteiger charge is -2.21. The maximum absolute atomic E-state index is 12.1. The van der Waals surface area contributed by atoms with Crippen molar-refractivity contribution in [2.75, 3.05) is 6.54 Å². The van der Waals surface area contributed by atoms with Gasteiger partial charge in [-0.15, -0.1) is 0 Å². The molecule has 0 unspecified atom stereocenters. The standard InChI is InChI=1S/C15H15BrN4O.C2H6/c1-3-5-12(21)19-8-4-6-11(19)15-18-14(16)13-10(2)17-7-9-20(13)15;1-2/h7,9,11H,4,6,8H2,1-2H3;1-2H3/t11-;/m0./s1. The Labute approximate surface area is 145 Å². The Morgan fingerprint density at radius 1 is 1.43 bits per heavy atom. The molecule has 0 spiro atoms. The van der Waals surface area contributed by atoms with Gasteiger partial charge in [0, 0.05) is 18.9 Å². The van der Waals surface area contributed by atoms with Crippen LogP contribution in [0.1, 0.15) is 51.2 Å². The molecule has 1 fully saturated rings. The summed E-state index contributed by atoms with van der Waals surface area (Å²) < 4.78 is 2.78. The van der Waals surface area contributed by atoms with Crippen molar-refractivity contribution in [1.29, 1.82) is 0 Å². The first-order chi connectivity index (χ1) is 11.1. The van der Waals surface area contributed by atoms with Crippen LogP contribution in [0.15, 0.2) is 17.0 Å². The molecule has 0 aromatic carbocycles. The molecule has 6 heteroatoms. The van der Waals surface area contributed by atoms with E-state index in [-0.39, 0.29) is 11.9 Å². The van der Waals surface area contributed by atoms with E-state index in [0.29, 0.717) is 0 Å². The van der Waals surface area contributed by atoms with E-state index in [0.717, 1.165) is 41.0 Å². The van der Waals surface area contributed by atoms with Gasteiger partial charge in [0.05, 0.1) is 11.7 Å². The van der Waals surface area contributed by atoms with E-state index in [4.69, 9.17) is 0 Å². The van der Waals surface area contributed by atoms with Crippen molar-refractivity contribution in [2.45, 2.75) is 46.6 Å². The van der Waals surface area contributed by atoms with Crippen LogP contribution in [-0.2, 0) is 4.79 Å². The third-order valence-corrected chi connectivity index (χ3v) is 4.32. The van der Waals surface area contributed by atoms with Gasteiger partial charge in [0.2, 0.25) is 0 Å². The van der Waals surface area contributed by atoms with Crippen LogP contribution in [0.25, 0.3) is 5.52 Å². The molecule has 0 radical (unpaired) electrons. The molecule has 1 aliphatic heterocycles. The van der Waals surface area contributed by atoms with Crippen molar-refractivity contribution < 1.29 is 4.79 Å². The lowest BCUT2D eigenvalue weighted by molar-refractivity contribution is -0.126.